The van der Waals surface area contributed by atoms with Crippen molar-refractivity contribution in [3.8, 4) is 22.6 Å². The SMILES string of the molecule is Cc1ccc(-c2c(-c3cc(C)no3)cnn2CCNC(=O)Cc2ccc(F)cc2)cn1. The number of aryl methyl sites for hydroxylation is 2. The third-order valence-corrected chi connectivity index (χ3v) is 4.84. The van der Waals surface area contributed by atoms with Crippen molar-refractivity contribution in [2.75, 3.05) is 6.54 Å². The van der Waals surface area contributed by atoms with E-state index in [1.54, 1.807) is 24.5 Å². The summed E-state index contributed by atoms with van der Waals surface area (Å²) in [6.07, 6.45) is 3.72. The van der Waals surface area contributed by atoms with Crippen LogP contribution in [0.25, 0.3) is 22.6 Å². The zero-order valence-electron chi connectivity index (χ0n) is 17.3. The normalized spacial score (nSPS) is 10.9. The van der Waals surface area contributed by atoms with E-state index in [0.717, 1.165) is 33.8 Å². The van der Waals surface area contributed by atoms with E-state index < -0.39 is 0 Å². The summed E-state index contributed by atoms with van der Waals surface area (Å²) in [5, 5.41) is 11.4. The standard InChI is InChI=1S/C23H22FN5O2/c1-15-3-6-18(13-26-15)23-20(21-11-16(2)28-31-21)14-27-29(23)10-9-25-22(30)12-17-4-7-19(24)8-5-17/h3-8,11,13-14H,9-10,12H2,1-2H3,(H,25,30). The minimum atomic E-state index is -0.321. The van der Waals surface area contributed by atoms with Gasteiger partial charge in [-0.05, 0) is 43.7 Å². The maximum atomic E-state index is 13.0. The number of rotatable bonds is 7. The van der Waals surface area contributed by atoms with Crippen molar-refractivity contribution in [3.05, 3.63) is 77.6 Å². The molecule has 0 aliphatic carbocycles. The molecule has 0 spiro atoms. The molecule has 0 saturated heterocycles. The zero-order chi connectivity index (χ0) is 21.8. The molecule has 0 aliphatic heterocycles. The number of halogens is 1. The van der Waals surface area contributed by atoms with Crippen molar-refractivity contribution in [2.45, 2.75) is 26.8 Å². The Labute approximate surface area is 178 Å². The summed E-state index contributed by atoms with van der Waals surface area (Å²) < 4.78 is 20.3. The highest BCUT2D eigenvalue weighted by molar-refractivity contribution is 5.79. The first-order chi connectivity index (χ1) is 15.0. The minimum Gasteiger partial charge on any atom is -0.356 e. The molecule has 158 valence electrons. The van der Waals surface area contributed by atoms with Crippen LogP contribution >= 0.6 is 0 Å². The van der Waals surface area contributed by atoms with Gasteiger partial charge in [-0.15, -0.1) is 0 Å². The fourth-order valence-electron chi connectivity index (χ4n) is 3.29. The summed E-state index contributed by atoms with van der Waals surface area (Å²) in [5.41, 5.74) is 5.00. The Hall–Kier alpha value is -3.81. The van der Waals surface area contributed by atoms with Gasteiger partial charge in [0.25, 0.3) is 0 Å². The third-order valence-electron chi connectivity index (χ3n) is 4.84. The number of nitrogens with zero attached hydrogens (tertiary/aromatic N) is 4. The first kappa shape index (κ1) is 20.5. The summed E-state index contributed by atoms with van der Waals surface area (Å²) in [5.74, 6) is 0.168. The lowest BCUT2D eigenvalue weighted by Crippen LogP contribution is -2.29. The van der Waals surface area contributed by atoms with Crippen LogP contribution in [0.3, 0.4) is 0 Å². The van der Waals surface area contributed by atoms with Gasteiger partial charge in [-0.1, -0.05) is 17.3 Å². The lowest BCUT2D eigenvalue weighted by molar-refractivity contribution is -0.120. The molecule has 3 heterocycles. The molecule has 4 aromatic rings. The molecule has 0 saturated carbocycles. The predicted octanol–water partition coefficient (Wildman–Crippen LogP) is 3.71. The molecule has 4 rings (SSSR count). The Morgan fingerprint density at radius 1 is 1.10 bits per heavy atom. The average Bonchev–Trinajstić information content (AvgIpc) is 3.36. The third kappa shape index (κ3) is 4.85. The molecule has 31 heavy (non-hydrogen) atoms. The molecule has 1 amide bonds. The van der Waals surface area contributed by atoms with Crippen LogP contribution in [0.5, 0.6) is 0 Å². The second kappa shape index (κ2) is 8.91. The van der Waals surface area contributed by atoms with Crippen molar-refractivity contribution in [1.82, 2.24) is 25.2 Å². The number of pyridine rings is 1. The van der Waals surface area contributed by atoms with E-state index in [4.69, 9.17) is 4.52 Å². The summed E-state index contributed by atoms with van der Waals surface area (Å²) in [6, 6.07) is 11.7. The van der Waals surface area contributed by atoms with Crippen LogP contribution < -0.4 is 5.32 Å². The Bertz CT molecular complexity index is 1180. The van der Waals surface area contributed by atoms with E-state index in [2.05, 4.69) is 20.6 Å². The van der Waals surface area contributed by atoms with Crippen LogP contribution in [-0.2, 0) is 17.8 Å². The van der Waals surface area contributed by atoms with Gasteiger partial charge >= 0.3 is 0 Å². The summed E-state index contributed by atoms with van der Waals surface area (Å²) in [7, 11) is 0. The van der Waals surface area contributed by atoms with Crippen molar-refractivity contribution in [3.63, 3.8) is 0 Å². The monoisotopic (exact) mass is 419 g/mol. The summed E-state index contributed by atoms with van der Waals surface area (Å²) >= 11 is 0. The number of hydrogen-bond acceptors (Lipinski definition) is 5. The number of amides is 1. The van der Waals surface area contributed by atoms with Gasteiger partial charge in [0, 0.05) is 30.1 Å². The zero-order valence-corrected chi connectivity index (χ0v) is 17.3. The van der Waals surface area contributed by atoms with Crippen molar-refractivity contribution >= 4 is 5.91 Å². The molecule has 3 aromatic heterocycles. The van der Waals surface area contributed by atoms with E-state index in [9.17, 15) is 9.18 Å². The average molecular weight is 419 g/mol. The lowest BCUT2D eigenvalue weighted by atomic mass is 10.1. The van der Waals surface area contributed by atoms with Crippen LogP contribution in [0.1, 0.15) is 17.0 Å². The number of aromatic nitrogens is 4. The highest BCUT2D eigenvalue weighted by Gasteiger charge is 2.18. The minimum absolute atomic E-state index is 0.136. The topological polar surface area (TPSA) is 85.8 Å². The molecular weight excluding hydrogens is 397 g/mol. The molecule has 0 fully saturated rings. The summed E-state index contributed by atoms with van der Waals surface area (Å²) in [4.78, 5) is 16.6. The molecular formula is C23H22FN5O2. The quantitative estimate of drug-likeness (QED) is 0.494. The smallest absolute Gasteiger partial charge is 0.224 e. The molecule has 1 aromatic carbocycles. The second-order valence-corrected chi connectivity index (χ2v) is 7.30. The first-order valence-corrected chi connectivity index (χ1v) is 9.93. The van der Waals surface area contributed by atoms with Gasteiger partial charge in [0.05, 0.1) is 36.1 Å². The molecule has 0 bridgehead atoms. The highest BCUT2D eigenvalue weighted by atomic mass is 19.1. The van der Waals surface area contributed by atoms with Gasteiger partial charge in [-0.25, -0.2) is 4.39 Å². The molecule has 7 nitrogen and oxygen atoms in total. The molecule has 0 radical (unpaired) electrons. The highest BCUT2D eigenvalue weighted by Crippen LogP contribution is 2.32. The fraction of sp³-hybridized carbons (Fsp3) is 0.217. The Morgan fingerprint density at radius 2 is 1.90 bits per heavy atom. The van der Waals surface area contributed by atoms with Crippen molar-refractivity contribution in [2.24, 2.45) is 0 Å². The van der Waals surface area contributed by atoms with Crippen LogP contribution in [0.2, 0.25) is 0 Å². The maximum absolute atomic E-state index is 13.0. The number of carbonyl (C=O) groups is 1. The van der Waals surface area contributed by atoms with Crippen LogP contribution in [0.15, 0.2) is 59.4 Å². The van der Waals surface area contributed by atoms with Crippen LogP contribution in [0.4, 0.5) is 4.39 Å². The van der Waals surface area contributed by atoms with E-state index in [-0.39, 0.29) is 18.1 Å². The van der Waals surface area contributed by atoms with Crippen LogP contribution in [0, 0.1) is 19.7 Å². The van der Waals surface area contributed by atoms with E-state index in [1.165, 1.54) is 12.1 Å². The van der Waals surface area contributed by atoms with Gasteiger partial charge in [-0.3, -0.25) is 14.5 Å². The molecule has 1 N–H and O–H groups in total. The van der Waals surface area contributed by atoms with Crippen LogP contribution in [-0.4, -0.2) is 32.4 Å². The van der Waals surface area contributed by atoms with Crippen molar-refractivity contribution in [1.29, 1.82) is 0 Å². The maximum Gasteiger partial charge on any atom is 0.224 e. The second-order valence-electron chi connectivity index (χ2n) is 7.30. The van der Waals surface area contributed by atoms with Gasteiger partial charge in [-0.2, -0.15) is 5.10 Å². The largest absolute Gasteiger partial charge is 0.356 e. The molecule has 0 unspecified atom stereocenters. The van der Waals surface area contributed by atoms with Gasteiger partial charge in [0.1, 0.15) is 5.82 Å². The lowest BCUT2D eigenvalue weighted by Gasteiger charge is -2.10. The predicted molar refractivity (Wildman–Crippen MR) is 114 cm³/mol. The Balaban J connectivity index is 1.50. The van der Waals surface area contributed by atoms with Crippen molar-refractivity contribution < 1.29 is 13.7 Å². The van der Waals surface area contributed by atoms with E-state index in [1.807, 2.05) is 36.7 Å². The van der Waals surface area contributed by atoms with Gasteiger partial charge in [0.2, 0.25) is 5.91 Å². The molecule has 0 atom stereocenters. The Morgan fingerprint density at radius 3 is 2.58 bits per heavy atom. The number of hydrogen-bond donors (Lipinski definition) is 1. The molecule has 0 aliphatic rings. The Kier molecular flexibility index (Phi) is 5.88. The molecule has 8 heteroatoms. The summed E-state index contributed by atoms with van der Waals surface area (Å²) in [6.45, 7) is 4.65. The number of benzene rings is 1. The van der Waals surface area contributed by atoms with Gasteiger partial charge in [0.15, 0.2) is 5.76 Å². The first-order valence-electron chi connectivity index (χ1n) is 9.93. The fourth-order valence-corrected chi connectivity index (χ4v) is 3.29. The van der Waals surface area contributed by atoms with E-state index in [0.29, 0.717) is 18.8 Å². The number of nitrogens with one attached hydrogen (secondary N) is 1. The number of carbonyl (C=O) groups excluding carboxylic acids is 1. The van der Waals surface area contributed by atoms with Gasteiger partial charge < -0.3 is 9.84 Å². The van der Waals surface area contributed by atoms with E-state index >= 15 is 0 Å².